The number of nitrogens with zero attached hydrogens (tertiary/aromatic N) is 1. The van der Waals surface area contributed by atoms with E-state index in [1.807, 2.05) is 33.0 Å². The number of carbonyl (C=O) groups excluding carboxylic acids is 1. The second-order valence-corrected chi connectivity index (χ2v) is 7.23. The number of ether oxygens (including phenoxy) is 2. The van der Waals surface area contributed by atoms with Crippen LogP contribution in [-0.4, -0.2) is 54.2 Å². The van der Waals surface area contributed by atoms with E-state index in [1.54, 1.807) is 13.2 Å². The molecule has 3 unspecified atom stereocenters. The number of aryl methyl sites for hydroxylation is 1. The first-order valence-corrected chi connectivity index (χ1v) is 8.37. The van der Waals surface area contributed by atoms with E-state index >= 15 is 0 Å². The van der Waals surface area contributed by atoms with Crippen LogP contribution in [0.3, 0.4) is 0 Å². The molecule has 5 heteroatoms. The van der Waals surface area contributed by atoms with Gasteiger partial charge in [-0.1, -0.05) is 6.07 Å². The third-order valence-corrected chi connectivity index (χ3v) is 6.31. The SMILES string of the molecule is COc1ccc(C)c2c1OC1C(=O)C=CC3(O)C(C)N(C)CC[C@]213. The number of benzene rings is 1. The normalized spacial score (nSPS) is 37.5. The molecule has 0 aromatic heterocycles. The molecule has 0 saturated carbocycles. The molecule has 1 fully saturated rings. The number of likely N-dealkylation sites (N-methyl/N-ethyl adjacent to an activating group) is 1. The van der Waals surface area contributed by atoms with Crippen LogP contribution in [-0.2, 0) is 10.2 Å². The van der Waals surface area contributed by atoms with Gasteiger partial charge in [0.25, 0.3) is 0 Å². The third kappa shape index (κ3) is 1.59. The molecule has 4 rings (SSSR count). The number of piperidine rings is 1. The van der Waals surface area contributed by atoms with Crippen molar-refractivity contribution in [2.24, 2.45) is 0 Å². The number of aliphatic hydroxyl groups is 1. The summed E-state index contributed by atoms with van der Waals surface area (Å²) in [6, 6.07) is 3.71. The molecule has 4 atom stereocenters. The highest BCUT2D eigenvalue weighted by Crippen LogP contribution is 2.60. The molecule has 1 aromatic rings. The highest BCUT2D eigenvalue weighted by molar-refractivity contribution is 5.98. The van der Waals surface area contributed by atoms with E-state index in [0.717, 1.165) is 17.7 Å². The maximum Gasteiger partial charge on any atom is 0.196 e. The molecule has 2 heterocycles. The van der Waals surface area contributed by atoms with Gasteiger partial charge < -0.3 is 19.5 Å². The minimum Gasteiger partial charge on any atom is -0.493 e. The molecule has 0 amide bonds. The van der Waals surface area contributed by atoms with Crippen molar-refractivity contribution < 1.29 is 19.4 Å². The van der Waals surface area contributed by atoms with Crippen molar-refractivity contribution in [3.8, 4) is 11.5 Å². The fourth-order valence-corrected chi connectivity index (χ4v) is 4.85. The molecule has 1 N–H and O–H groups in total. The largest absolute Gasteiger partial charge is 0.493 e. The Labute approximate surface area is 141 Å². The fraction of sp³-hybridized carbons (Fsp3) is 0.526. The highest BCUT2D eigenvalue weighted by atomic mass is 16.5. The Morgan fingerprint density at radius 3 is 2.88 bits per heavy atom. The number of hydrogen-bond acceptors (Lipinski definition) is 5. The molecule has 1 aromatic carbocycles. The van der Waals surface area contributed by atoms with E-state index in [-0.39, 0.29) is 11.8 Å². The van der Waals surface area contributed by atoms with Gasteiger partial charge in [0.05, 0.1) is 12.5 Å². The van der Waals surface area contributed by atoms with Gasteiger partial charge in [0.2, 0.25) is 0 Å². The Morgan fingerprint density at radius 1 is 1.42 bits per heavy atom. The van der Waals surface area contributed by atoms with Gasteiger partial charge >= 0.3 is 0 Å². The van der Waals surface area contributed by atoms with Crippen molar-refractivity contribution in [3.05, 3.63) is 35.4 Å². The summed E-state index contributed by atoms with van der Waals surface area (Å²) >= 11 is 0. The van der Waals surface area contributed by atoms with Crippen LogP contribution in [0.25, 0.3) is 0 Å². The quantitative estimate of drug-likeness (QED) is 0.848. The van der Waals surface area contributed by atoms with Gasteiger partial charge in [-0.2, -0.15) is 0 Å². The van der Waals surface area contributed by atoms with Gasteiger partial charge in [-0.3, -0.25) is 4.79 Å². The number of hydrogen-bond donors (Lipinski definition) is 1. The predicted molar refractivity (Wildman–Crippen MR) is 89.6 cm³/mol. The van der Waals surface area contributed by atoms with Crippen LogP contribution >= 0.6 is 0 Å². The van der Waals surface area contributed by atoms with Gasteiger partial charge in [0.15, 0.2) is 23.4 Å². The van der Waals surface area contributed by atoms with Gasteiger partial charge in [-0.25, -0.2) is 0 Å². The van der Waals surface area contributed by atoms with Gasteiger partial charge in [0.1, 0.15) is 5.60 Å². The first kappa shape index (κ1) is 15.7. The van der Waals surface area contributed by atoms with Crippen LogP contribution in [0.4, 0.5) is 0 Å². The number of fused-ring (bicyclic) bond motifs is 1. The zero-order valence-electron chi connectivity index (χ0n) is 14.5. The van der Waals surface area contributed by atoms with E-state index in [2.05, 4.69) is 4.90 Å². The van der Waals surface area contributed by atoms with E-state index in [0.29, 0.717) is 17.9 Å². The van der Waals surface area contributed by atoms with Crippen molar-refractivity contribution >= 4 is 5.78 Å². The van der Waals surface area contributed by atoms with Crippen LogP contribution in [0.5, 0.6) is 11.5 Å². The standard InChI is InChI=1S/C19H23NO4/c1-11-5-6-14(23-4)16-15(11)18-9-10-20(3)12(2)19(18,22)8-7-13(21)17(18)24-16/h5-8,12,17,22H,9-10H2,1-4H3/t12?,17?,18-,19?/m0/s1. The molecule has 2 aliphatic heterocycles. The summed E-state index contributed by atoms with van der Waals surface area (Å²) < 4.78 is 11.6. The van der Waals surface area contributed by atoms with Crippen molar-refractivity contribution in [3.63, 3.8) is 0 Å². The molecular formula is C19H23NO4. The molecule has 5 nitrogen and oxygen atoms in total. The summed E-state index contributed by atoms with van der Waals surface area (Å²) in [4.78, 5) is 14.8. The van der Waals surface area contributed by atoms with Crippen LogP contribution in [0.15, 0.2) is 24.3 Å². The minimum absolute atomic E-state index is 0.0888. The molecule has 128 valence electrons. The average Bonchev–Trinajstić information content (AvgIpc) is 2.93. The number of methoxy groups -OCH3 is 1. The highest BCUT2D eigenvalue weighted by Gasteiger charge is 2.68. The van der Waals surface area contributed by atoms with Crippen LogP contribution in [0, 0.1) is 6.92 Å². The maximum atomic E-state index is 12.7. The minimum atomic E-state index is -1.17. The fourth-order valence-electron chi connectivity index (χ4n) is 4.85. The van der Waals surface area contributed by atoms with Crippen molar-refractivity contribution in [2.75, 3.05) is 20.7 Å². The van der Waals surface area contributed by atoms with E-state index in [4.69, 9.17) is 9.47 Å². The number of rotatable bonds is 1. The molecule has 0 radical (unpaired) electrons. The number of carbonyl (C=O) groups is 1. The van der Waals surface area contributed by atoms with Crippen molar-refractivity contribution in [2.45, 2.75) is 43.4 Å². The van der Waals surface area contributed by atoms with E-state index in [1.165, 1.54) is 6.08 Å². The predicted octanol–water partition coefficient (Wildman–Crippen LogP) is 1.60. The second kappa shape index (κ2) is 4.83. The zero-order valence-corrected chi connectivity index (χ0v) is 14.5. The Balaban J connectivity index is 2.05. The number of likely N-dealkylation sites (tertiary alicyclic amines) is 1. The van der Waals surface area contributed by atoms with Crippen molar-refractivity contribution in [1.29, 1.82) is 0 Å². The summed E-state index contributed by atoms with van der Waals surface area (Å²) in [6.07, 6.45) is 3.12. The number of ketones is 1. The molecule has 1 aliphatic carbocycles. The van der Waals surface area contributed by atoms with Crippen molar-refractivity contribution in [1.82, 2.24) is 4.90 Å². The second-order valence-electron chi connectivity index (χ2n) is 7.23. The lowest BCUT2D eigenvalue weighted by Gasteiger charge is -2.56. The lowest BCUT2D eigenvalue weighted by Crippen LogP contribution is -2.71. The summed E-state index contributed by atoms with van der Waals surface area (Å²) in [7, 11) is 3.60. The summed E-state index contributed by atoms with van der Waals surface area (Å²) in [5.74, 6) is 1.13. The third-order valence-electron chi connectivity index (χ3n) is 6.31. The van der Waals surface area contributed by atoms with Gasteiger partial charge in [0, 0.05) is 11.6 Å². The molecule has 1 saturated heterocycles. The van der Waals surface area contributed by atoms with Gasteiger partial charge in [-0.05, 0) is 57.6 Å². The Bertz CT molecular complexity index is 758. The molecular weight excluding hydrogens is 306 g/mol. The summed E-state index contributed by atoms with van der Waals surface area (Å²) in [5.41, 5.74) is 0.0122. The summed E-state index contributed by atoms with van der Waals surface area (Å²) in [6.45, 7) is 4.80. The van der Waals surface area contributed by atoms with E-state index < -0.39 is 17.1 Å². The molecule has 24 heavy (non-hydrogen) atoms. The van der Waals surface area contributed by atoms with Crippen LogP contribution < -0.4 is 9.47 Å². The molecule has 0 bridgehead atoms. The Hall–Kier alpha value is -1.85. The topological polar surface area (TPSA) is 59.0 Å². The summed E-state index contributed by atoms with van der Waals surface area (Å²) in [5, 5.41) is 11.7. The lowest BCUT2D eigenvalue weighted by atomic mass is 9.55. The zero-order chi connectivity index (χ0) is 17.3. The maximum absolute atomic E-state index is 12.7. The molecule has 1 spiro atoms. The lowest BCUT2D eigenvalue weighted by molar-refractivity contribution is -0.146. The van der Waals surface area contributed by atoms with E-state index in [9.17, 15) is 9.90 Å². The molecule has 3 aliphatic rings. The van der Waals surface area contributed by atoms with Crippen LogP contribution in [0.1, 0.15) is 24.5 Å². The first-order valence-electron chi connectivity index (χ1n) is 8.37. The average molecular weight is 329 g/mol. The first-order chi connectivity index (χ1) is 11.4. The Kier molecular flexibility index (Phi) is 3.15. The smallest absolute Gasteiger partial charge is 0.196 e. The Morgan fingerprint density at radius 2 is 2.17 bits per heavy atom. The van der Waals surface area contributed by atoms with Gasteiger partial charge in [-0.15, -0.1) is 0 Å². The van der Waals surface area contributed by atoms with Crippen LogP contribution in [0.2, 0.25) is 0 Å². The monoisotopic (exact) mass is 329 g/mol.